The Kier molecular flexibility index (Phi) is 7.54. The van der Waals surface area contributed by atoms with Crippen LogP contribution in [-0.4, -0.2) is 37.6 Å². The lowest BCUT2D eigenvalue weighted by molar-refractivity contribution is -0.117. The summed E-state index contributed by atoms with van der Waals surface area (Å²) in [5, 5.41) is 2.91. The number of allylic oxidation sites excluding steroid dienone is 1. The topological polar surface area (TPSA) is 41.6 Å². The summed E-state index contributed by atoms with van der Waals surface area (Å²) >= 11 is 0. The summed E-state index contributed by atoms with van der Waals surface area (Å²) in [5.74, 6) is 0.660. The molecule has 116 valence electrons. The monoisotopic (exact) mass is 290 g/mol. The van der Waals surface area contributed by atoms with Crippen LogP contribution >= 0.6 is 0 Å². The lowest BCUT2D eigenvalue weighted by atomic mass is 10.2. The van der Waals surface area contributed by atoms with Gasteiger partial charge in [-0.25, -0.2) is 0 Å². The van der Waals surface area contributed by atoms with Crippen molar-refractivity contribution in [1.29, 1.82) is 0 Å². The highest BCUT2D eigenvalue weighted by atomic mass is 16.5. The maximum absolute atomic E-state index is 12.2. The second-order valence-corrected chi connectivity index (χ2v) is 5.27. The predicted octanol–water partition coefficient (Wildman–Crippen LogP) is 3.31. The van der Waals surface area contributed by atoms with Crippen molar-refractivity contribution in [3.8, 4) is 5.75 Å². The number of hydrogen-bond acceptors (Lipinski definition) is 3. The molecule has 0 aliphatic carbocycles. The van der Waals surface area contributed by atoms with Crippen LogP contribution < -0.4 is 10.1 Å². The summed E-state index contributed by atoms with van der Waals surface area (Å²) in [6, 6.07) is 7.44. The van der Waals surface area contributed by atoms with Crippen LogP contribution in [0.15, 0.2) is 35.9 Å². The van der Waals surface area contributed by atoms with Gasteiger partial charge >= 0.3 is 0 Å². The van der Waals surface area contributed by atoms with Crippen LogP contribution in [0, 0.1) is 0 Å². The minimum Gasteiger partial charge on any atom is -0.495 e. The third-order valence-corrected chi connectivity index (χ3v) is 3.05. The van der Waals surface area contributed by atoms with Crippen LogP contribution in [0.1, 0.15) is 27.2 Å². The van der Waals surface area contributed by atoms with Crippen molar-refractivity contribution in [3.05, 3.63) is 35.9 Å². The molecule has 0 radical (unpaired) electrons. The molecule has 4 heteroatoms. The van der Waals surface area contributed by atoms with Crippen LogP contribution in [0.3, 0.4) is 0 Å². The van der Waals surface area contributed by atoms with Gasteiger partial charge in [0.25, 0.3) is 0 Å². The van der Waals surface area contributed by atoms with Crippen molar-refractivity contribution >= 4 is 11.6 Å². The Morgan fingerprint density at radius 3 is 2.67 bits per heavy atom. The Morgan fingerprint density at radius 2 is 2.05 bits per heavy atom. The van der Waals surface area contributed by atoms with Crippen molar-refractivity contribution in [2.45, 2.75) is 27.2 Å². The van der Waals surface area contributed by atoms with Crippen molar-refractivity contribution in [2.75, 3.05) is 32.1 Å². The fraction of sp³-hybridized carbons (Fsp3) is 0.471. The van der Waals surface area contributed by atoms with Crippen LogP contribution in [0.5, 0.6) is 5.75 Å². The zero-order valence-corrected chi connectivity index (χ0v) is 13.5. The van der Waals surface area contributed by atoms with Crippen LogP contribution in [0.2, 0.25) is 0 Å². The van der Waals surface area contributed by atoms with E-state index in [2.05, 4.69) is 37.1 Å². The molecule has 4 nitrogen and oxygen atoms in total. The highest BCUT2D eigenvalue weighted by Gasteiger charge is 2.11. The second kappa shape index (κ2) is 9.19. The third kappa shape index (κ3) is 6.45. The summed E-state index contributed by atoms with van der Waals surface area (Å²) in [6.45, 7) is 8.35. The van der Waals surface area contributed by atoms with Crippen LogP contribution in [0.25, 0.3) is 0 Å². The van der Waals surface area contributed by atoms with Gasteiger partial charge in [-0.1, -0.05) is 30.7 Å². The molecule has 1 N–H and O–H groups in total. The lowest BCUT2D eigenvalue weighted by Crippen LogP contribution is -2.34. The van der Waals surface area contributed by atoms with Crippen molar-refractivity contribution < 1.29 is 9.53 Å². The van der Waals surface area contributed by atoms with E-state index in [1.54, 1.807) is 7.11 Å². The summed E-state index contributed by atoms with van der Waals surface area (Å²) < 4.78 is 5.24. The Balaban J connectivity index is 2.62. The normalized spacial score (nSPS) is 10.3. The zero-order valence-electron chi connectivity index (χ0n) is 13.5. The van der Waals surface area contributed by atoms with Crippen LogP contribution in [0.4, 0.5) is 5.69 Å². The van der Waals surface area contributed by atoms with Crippen molar-refractivity contribution in [2.24, 2.45) is 0 Å². The summed E-state index contributed by atoms with van der Waals surface area (Å²) in [5.41, 5.74) is 1.98. The van der Waals surface area contributed by atoms with E-state index >= 15 is 0 Å². The minimum atomic E-state index is -0.0184. The molecule has 1 amide bonds. The number of amides is 1. The quantitative estimate of drug-likeness (QED) is 0.747. The first kappa shape index (κ1) is 17.2. The molecule has 0 fully saturated rings. The largest absolute Gasteiger partial charge is 0.495 e. The number of hydrogen-bond donors (Lipinski definition) is 1. The zero-order chi connectivity index (χ0) is 15.7. The fourth-order valence-corrected chi connectivity index (χ4v) is 2.00. The van der Waals surface area contributed by atoms with E-state index in [-0.39, 0.29) is 5.91 Å². The number of carbonyl (C=O) groups is 1. The summed E-state index contributed by atoms with van der Waals surface area (Å²) in [4.78, 5) is 14.3. The molecule has 0 atom stereocenters. The highest BCUT2D eigenvalue weighted by molar-refractivity contribution is 5.93. The summed E-state index contributed by atoms with van der Waals surface area (Å²) in [6.07, 6.45) is 3.17. The van der Waals surface area contributed by atoms with E-state index in [9.17, 15) is 4.79 Å². The molecule has 0 bridgehead atoms. The van der Waals surface area contributed by atoms with Crippen molar-refractivity contribution in [1.82, 2.24) is 4.90 Å². The molecule has 0 aromatic heterocycles. The number of nitrogens with zero attached hydrogens (tertiary/aromatic N) is 1. The number of carbonyl (C=O) groups excluding carboxylic acids is 1. The number of nitrogens with one attached hydrogen (secondary N) is 1. The van der Waals surface area contributed by atoms with Gasteiger partial charge in [0.2, 0.25) is 5.91 Å². The summed E-state index contributed by atoms with van der Waals surface area (Å²) in [7, 11) is 1.60. The molecule has 1 rings (SSSR count). The predicted molar refractivity (Wildman–Crippen MR) is 87.8 cm³/mol. The van der Waals surface area contributed by atoms with Crippen molar-refractivity contribution in [3.63, 3.8) is 0 Å². The van der Waals surface area contributed by atoms with Gasteiger partial charge < -0.3 is 10.1 Å². The number of para-hydroxylation sites is 2. The second-order valence-electron chi connectivity index (χ2n) is 5.27. The van der Waals surface area contributed by atoms with Gasteiger partial charge in [-0.3, -0.25) is 9.69 Å². The van der Waals surface area contributed by atoms with E-state index < -0.39 is 0 Å². The fourth-order valence-electron chi connectivity index (χ4n) is 2.00. The molecule has 0 saturated carbocycles. The molecular formula is C17H26N2O2. The average Bonchev–Trinajstić information content (AvgIpc) is 2.45. The van der Waals surface area contributed by atoms with Gasteiger partial charge in [-0.2, -0.15) is 0 Å². The molecule has 0 saturated heterocycles. The third-order valence-electron chi connectivity index (χ3n) is 3.05. The standard InChI is InChI=1S/C17H26N2O2/c1-5-11-19(12-10-14(2)3)13-17(20)18-15-8-6-7-9-16(15)21-4/h6-10H,5,11-13H2,1-4H3,(H,18,20). The Hall–Kier alpha value is -1.81. The number of benzene rings is 1. The molecule has 0 aliphatic heterocycles. The maximum Gasteiger partial charge on any atom is 0.238 e. The van der Waals surface area contributed by atoms with E-state index in [0.717, 1.165) is 19.5 Å². The minimum absolute atomic E-state index is 0.0184. The van der Waals surface area contributed by atoms with E-state index in [1.807, 2.05) is 24.3 Å². The molecule has 0 aliphatic rings. The van der Waals surface area contributed by atoms with Gasteiger partial charge in [-0.05, 0) is 38.9 Å². The molecule has 1 aromatic rings. The number of ether oxygens (including phenoxy) is 1. The van der Waals surface area contributed by atoms with Gasteiger partial charge in [0.15, 0.2) is 0 Å². The van der Waals surface area contributed by atoms with Crippen LogP contribution in [-0.2, 0) is 4.79 Å². The Labute approximate surface area is 127 Å². The molecule has 21 heavy (non-hydrogen) atoms. The maximum atomic E-state index is 12.2. The van der Waals surface area contributed by atoms with Gasteiger partial charge in [-0.15, -0.1) is 0 Å². The molecular weight excluding hydrogens is 264 g/mol. The van der Waals surface area contributed by atoms with Gasteiger partial charge in [0.05, 0.1) is 19.3 Å². The lowest BCUT2D eigenvalue weighted by Gasteiger charge is -2.20. The first-order chi connectivity index (χ1) is 10.1. The number of methoxy groups -OCH3 is 1. The number of rotatable bonds is 8. The SMILES string of the molecule is CCCN(CC=C(C)C)CC(=O)Nc1ccccc1OC. The van der Waals surface area contributed by atoms with Gasteiger partial charge in [0, 0.05) is 6.54 Å². The molecule has 0 spiro atoms. The van der Waals surface area contributed by atoms with E-state index in [1.165, 1.54) is 5.57 Å². The first-order valence-corrected chi connectivity index (χ1v) is 7.35. The molecule has 0 unspecified atom stereocenters. The average molecular weight is 290 g/mol. The number of anilines is 1. The highest BCUT2D eigenvalue weighted by Crippen LogP contribution is 2.22. The smallest absolute Gasteiger partial charge is 0.238 e. The molecule has 0 heterocycles. The van der Waals surface area contributed by atoms with E-state index in [0.29, 0.717) is 18.0 Å². The Morgan fingerprint density at radius 1 is 1.33 bits per heavy atom. The first-order valence-electron chi connectivity index (χ1n) is 7.35. The van der Waals surface area contributed by atoms with Gasteiger partial charge in [0.1, 0.15) is 5.75 Å². The Bertz CT molecular complexity index is 479. The van der Waals surface area contributed by atoms with E-state index in [4.69, 9.17) is 4.74 Å². The molecule has 1 aromatic carbocycles.